The van der Waals surface area contributed by atoms with Gasteiger partial charge in [-0.3, -0.25) is 9.59 Å². The highest BCUT2D eigenvalue weighted by molar-refractivity contribution is 5.97. The molecule has 0 bridgehead atoms. The number of nitrogens with one attached hydrogen (secondary N) is 1. The van der Waals surface area contributed by atoms with Gasteiger partial charge in [0.05, 0.1) is 6.04 Å². The van der Waals surface area contributed by atoms with Crippen LogP contribution in [0.1, 0.15) is 76.5 Å². The summed E-state index contributed by atoms with van der Waals surface area (Å²) in [6, 6.07) is 21.9. The molecule has 0 aliphatic rings. The number of carboxylic acids is 1. The van der Waals surface area contributed by atoms with Crippen molar-refractivity contribution in [3.8, 4) is 0 Å². The molecular formula is C31H35NO3. The van der Waals surface area contributed by atoms with Gasteiger partial charge in [0.1, 0.15) is 0 Å². The SMILES string of the molecule is Cc1cc(C)cc(C(CC(C)C)NC(=O)c2cc(C=Cc3ccccc3)ccc2CCC(=O)O)c1. The molecule has 0 aliphatic carbocycles. The standard InChI is InChI=1S/C31H35NO3/c1-21(2)16-29(27-18-22(3)17-23(4)19-27)32-31(35)28-20-25(11-10-24-8-6-5-7-9-24)12-13-26(28)14-15-30(33)34/h5-13,17-21,29H,14-16H2,1-4H3,(H,32,35)(H,33,34). The van der Waals surface area contributed by atoms with E-state index in [1.54, 1.807) is 0 Å². The van der Waals surface area contributed by atoms with Gasteiger partial charge in [-0.05, 0) is 60.9 Å². The summed E-state index contributed by atoms with van der Waals surface area (Å²) < 4.78 is 0. The van der Waals surface area contributed by atoms with E-state index < -0.39 is 5.97 Å². The lowest BCUT2D eigenvalue weighted by Crippen LogP contribution is -2.30. The lowest BCUT2D eigenvalue weighted by molar-refractivity contribution is -0.136. The van der Waals surface area contributed by atoms with E-state index in [0.29, 0.717) is 17.9 Å². The van der Waals surface area contributed by atoms with Crippen molar-refractivity contribution in [3.63, 3.8) is 0 Å². The molecule has 0 aliphatic heterocycles. The van der Waals surface area contributed by atoms with Crippen LogP contribution in [0.3, 0.4) is 0 Å². The van der Waals surface area contributed by atoms with Gasteiger partial charge in [-0.25, -0.2) is 0 Å². The molecule has 3 rings (SSSR count). The van der Waals surface area contributed by atoms with E-state index in [1.807, 2.05) is 60.7 Å². The molecule has 1 unspecified atom stereocenters. The molecule has 182 valence electrons. The number of carbonyl (C=O) groups is 2. The smallest absolute Gasteiger partial charge is 0.303 e. The van der Waals surface area contributed by atoms with Crippen molar-refractivity contribution in [2.75, 3.05) is 0 Å². The summed E-state index contributed by atoms with van der Waals surface area (Å²) in [5, 5.41) is 12.5. The Morgan fingerprint density at radius 1 is 0.886 bits per heavy atom. The highest BCUT2D eigenvalue weighted by atomic mass is 16.4. The molecule has 35 heavy (non-hydrogen) atoms. The van der Waals surface area contributed by atoms with Crippen LogP contribution in [0.5, 0.6) is 0 Å². The Morgan fingerprint density at radius 3 is 2.17 bits per heavy atom. The second-order valence-corrected chi connectivity index (χ2v) is 9.63. The number of amides is 1. The van der Waals surface area contributed by atoms with E-state index in [2.05, 4.69) is 51.2 Å². The first-order valence-electron chi connectivity index (χ1n) is 12.2. The first kappa shape index (κ1) is 26.0. The molecule has 0 aromatic heterocycles. The van der Waals surface area contributed by atoms with Gasteiger partial charge in [-0.15, -0.1) is 0 Å². The number of hydrogen-bond acceptors (Lipinski definition) is 2. The van der Waals surface area contributed by atoms with Gasteiger partial charge < -0.3 is 10.4 Å². The predicted molar refractivity (Wildman–Crippen MR) is 143 cm³/mol. The normalized spacial score (nSPS) is 12.1. The summed E-state index contributed by atoms with van der Waals surface area (Å²) in [5.41, 5.74) is 6.66. The number of carboxylic acid groups (broad SMARTS) is 1. The third-order valence-corrected chi connectivity index (χ3v) is 5.91. The van der Waals surface area contributed by atoms with E-state index in [-0.39, 0.29) is 18.4 Å². The first-order valence-corrected chi connectivity index (χ1v) is 12.2. The lowest BCUT2D eigenvalue weighted by atomic mass is 9.93. The molecule has 1 atom stereocenters. The molecule has 3 aromatic rings. The molecule has 0 heterocycles. The summed E-state index contributed by atoms with van der Waals surface area (Å²) in [4.78, 5) is 24.8. The summed E-state index contributed by atoms with van der Waals surface area (Å²) in [5.74, 6) is -0.657. The minimum atomic E-state index is -0.877. The minimum Gasteiger partial charge on any atom is -0.481 e. The van der Waals surface area contributed by atoms with Gasteiger partial charge in [0.15, 0.2) is 0 Å². The van der Waals surface area contributed by atoms with Crippen molar-refractivity contribution in [2.24, 2.45) is 5.92 Å². The van der Waals surface area contributed by atoms with E-state index in [4.69, 9.17) is 0 Å². The third-order valence-electron chi connectivity index (χ3n) is 5.91. The highest BCUT2D eigenvalue weighted by Gasteiger charge is 2.20. The molecule has 0 saturated carbocycles. The lowest BCUT2D eigenvalue weighted by Gasteiger charge is -2.23. The zero-order valence-electron chi connectivity index (χ0n) is 21.0. The summed E-state index contributed by atoms with van der Waals surface area (Å²) in [6.45, 7) is 8.43. The first-order chi connectivity index (χ1) is 16.7. The molecule has 0 spiro atoms. The van der Waals surface area contributed by atoms with Crippen molar-refractivity contribution < 1.29 is 14.7 Å². The molecule has 3 aromatic carbocycles. The van der Waals surface area contributed by atoms with E-state index in [0.717, 1.165) is 39.8 Å². The van der Waals surface area contributed by atoms with Crippen LogP contribution in [0, 0.1) is 19.8 Å². The summed E-state index contributed by atoms with van der Waals surface area (Å²) in [7, 11) is 0. The molecule has 4 heteroatoms. The zero-order chi connectivity index (χ0) is 25.4. The second kappa shape index (κ2) is 12.2. The van der Waals surface area contributed by atoms with Crippen LogP contribution in [0.25, 0.3) is 12.2 Å². The van der Waals surface area contributed by atoms with Crippen LogP contribution < -0.4 is 5.32 Å². The van der Waals surface area contributed by atoms with E-state index >= 15 is 0 Å². The topological polar surface area (TPSA) is 66.4 Å². The van der Waals surface area contributed by atoms with Gasteiger partial charge in [0.2, 0.25) is 0 Å². The number of rotatable bonds is 10. The predicted octanol–water partition coefficient (Wildman–Crippen LogP) is 7.01. The Bertz CT molecular complexity index is 1170. The van der Waals surface area contributed by atoms with Crippen molar-refractivity contribution in [3.05, 3.63) is 106 Å². The molecule has 2 N–H and O–H groups in total. The van der Waals surface area contributed by atoms with Gasteiger partial charge in [-0.2, -0.15) is 0 Å². The van der Waals surface area contributed by atoms with Crippen LogP contribution in [0.2, 0.25) is 0 Å². The number of aryl methyl sites for hydroxylation is 3. The van der Waals surface area contributed by atoms with E-state index in [1.165, 1.54) is 0 Å². The molecule has 0 radical (unpaired) electrons. The van der Waals surface area contributed by atoms with Gasteiger partial charge >= 0.3 is 5.97 Å². The van der Waals surface area contributed by atoms with E-state index in [9.17, 15) is 14.7 Å². The van der Waals surface area contributed by atoms with Crippen LogP contribution in [-0.4, -0.2) is 17.0 Å². The van der Waals surface area contributed by atoms with Crippen molar-refractivity contribution in [1.82, 2.24) is 5.32 Å². The Balaban J connectivity index is 1.93. The van der Waals surface area contributed by atoms with Crippen LogP contribution in [0.15, 0.2) is 66.7 Å². The Kier molecular flexibility index (Phi) is 9.02. The third kappa shape index (κ3) is 7.96. The number of hydrogen-bond donors (Lipinski definition) is 2. The summed E-state index contributed by atoms with van der Waals surface area (Å²) in [6.07, 6.45) is 5.07. The fourth-order valence-electron chi connectivity index (χ4n) is 4.32. The average Bonchev–Trinajstić information content (AvgIpc) is 2.81. The zero-order valence-corrected chi connectivity index (χ0v) is 21.0. The Labute approximate surface area is 208 Å². The van der Waals surface area contributed by atoms with Gasteiger partial charge in [0.25, 0.3) is 5.91 Å². The summed E-state index contributed by atoms with van der Waals surface area (Å²) >= 11 is 0. The average molecular weight is 470 g/mol. The number of carbonyl (C=O) groups excluding carboxylic acids is 1. The van der Waals surface area contributed by atoms with Crippen molar-refractivity contribution in [1.29, 1.82) is 0 Å². The Morgan fingerprint density at radius 2 is 1.54 bits per heavy atom. The molecule has 1 amide bonds. The molecule has 4 nitrogen and oxygen atoms in total. The maximum Gasteiger partial charge on any atom is 0.303 e. The highest BCUT2D eigenvalue weighted by Crippen LogP contribution is 2.25. The number of benzene rings is 3. The molecular weight excluding hydrogens is 434 g/mol. The van der Waals surface area contributed by atoms with Crippen molar-refractivity contribution >= 4 is 24.0 Å². The largest absolute Gasteiger partial charge is 0.481 e. The Hall–Kier alpha value is -3.66. The molecule has 0 fully saturated rings. The fraction of sp³-hybridized carbons (Fsp3) is 0.290. The monoisotopic (exact) mass is 469 g/mol. The molecule has 0 saturated heterocycles. The maximum atomic E-state index is 13.6. The van der Waals surface area contributed by atoms with Crippen molar-refractivity contribution in [2.45, 2.75) is 53.0 Å². The minimum absolute atomic E-state index is 0.0218. The number of aliphatic carboxylic acids is 1. The van der Waals surface area contributed by atoms with Gasteiger partial charge in [0, 0.05) is 12.0 Å². The van der Waals surface area contributed by atoms with Crippen LogP contribution in [0.4, 0.5) is 0 Å². The second-order valence-electron chi connectivity index (χ2n) is 9.63. The maximum absolute atomic E-state index is 13.6. The fourth-order valence-corrected chi connectivity index (χ4v) is 4.32. The van der Waals surface area contributed by atoms with Crippen LogP contribution in [-0.2, 0) is 11.2 Å². The van der Waals surface area contributed by atoms with Crippen LogP contribution >= 0.6 is 0 Å². The van der Waals surface area contributed by atoms with Gasteiger partial charge in [-0.1, -0.05) is 97.8 Å². The quantitative estimate of drug-likeness (QED) is 0.314.